The van der Waals surface area contributed by atoms with Crippen LogP contribution >= 0.6 is 0 Å². The summed E-state index contributed by atoms with van der Waals surface area (Å²) in [5, 5.41) is 12.2. The van der Waals surface area contributed by atoms with Gasteiger partial charge in [-0.3, -0.25) is 0 Å². The normalized spacial score (nSPS) is 15.9. The Morgan fingerprint density at radius 1 is 1.35 bits per heavy atom. The first-order valence-corrected chi connectivity index (χ1v) is 11.9. The lowest BCUT2D eigenvalue weighted by Crippen LogP contribution is -2.37. The summed E-state index contributed by atoms with van der Waals surface area (Å²) in [6.07, 6.45) is 10.9. The molecule has 2 aliphatic rings. The summed E-state index contributed by atoms with van der Waals surface area (Å²) in [4.78, 5) is 12.5. The number of nitrogens with two attached hydrogens (primary N) is 1. The van der Waals surface area contributed by atoms with E-state index in [2.05, 4.69) is 10.6 Å². The van der Waals surface area contributed by atoms with Crippen LogP contribution in [0.25, 0.3) is 16.5 Å². The molecule has 7 nitrogen and oxygen atoms in total. The first kappa shape index (κ1) is 23.7. The van der Waals surface area contributed by atoms with E-state index in [1.165, 1.54) is 0 Å². The van der Waals surface area contributed by atoms with Gasteiger partial charge in [-0.1, -0.05) is 32.1 Å². The Morgan fingerprint density at radius 2 is 2.15 bits per heavy atom. The Labute approximate surface area is 200 Å². The highest BCUT2D eigenvalue weighted by molar-refractivity contribution is 5.95. The third-order valence-corrected chi connectivity index (χ3v) is 6.22. The lowest BCUT2D eigenvalue weighted by atomic mass is 9.92. The summed E-state index contributed by atoms with van der Waals surface area (Å²) >= 11 is 0. The van der Waals surface area contributed by atoms with Crippen LogP contribution in [0, 0.1) is 17.2 Å². The van der Waals surface area contributed by atoms with Gasteiger partial charge in [-0.05, 0) is 50.3 Å². The number of allylic oxidation sites excluding steroid dienone is 5. The summed E-state index contributed by atoms with van der Waals surface area (Å²) in [6.45, 7) is 6.79. The molecule has 2 aromatic rings. The van der Waals surface area contributed by atoms with Crippen molar-refractivity contribution in [3.8, 4) is 11.8 Å². The number of benzene rings is 1. The van der Waals surface area contributed by atoms with Crippen molar-refractivity contribution >= 4 is 22.6 Å². The molecule has 1 heterocycles. The molecule has 178 valence electrons. The number of rotatable bonds is 7. The lowest BCUT2D eigenvalue weighted by molar-refractivity contribution is 0.102. The predicted octanol–water partition coefficient (Wildman–Crippen LogP) is 5.83. The number of ether oxygens (including phenoxy) is 2. The molecule has 1 fully saturated rings. The zero-order valence-electron chi connectivity index (χ0n) is 20.1. The van der Waals surface area contributed by atoms with Crippen molar-refractivity contribution < 1.29 is 14.3 Å². The fourth-order valence-electron chi connectivity index (χ4n) is 4.35. The number of hydrogen-bond donors (Lipinski definition) is 1. The second kappa shape index (κ2) is 10.2. The van der Waals surface area contributed by atoms with E-state index >= 15 is 0 Å². The molecule has 1 amide bonds. The zero-order chi connectivity index (χ0) is 24.2. The maximum absolute atomic E-state index is 12.5. The summed E-state index contributed by atoms with van der Waals surface area (Å²) in [5.74, 6) is 7.17. The molecular weight excluding hydrogens is 428 g/mol. The van der Waals surface area contributed by atoms with Crippen LogP contribution in [0.4, 0.5) is 4.79 Å². The number of nitrogens with zero attached hydrogens (tertiary/aromatic N) is 3. The van der Waals surface area contributed by atoms with Gasteiger partial charge < -0.3 is 14.0 Å². The monoisotopic (exact) mass is 460 g/mol. The molecule has 7 heteroatoms. The molecule has 0 unspecified atom stereocenters. The van der Waals surface area contributed by atoms with Gasteiger partial charge in [-0.25, -0.2) is 15.6 Å². The van der Waals surface area contributed by atoms with E-state index in [0.717, 1.165) is 52.2 Å². The highest BCUT2D eigenvalue weighted by Crippen LogP contribution is 2.42. The van der Waals surface area contributed by atoms with Gasteiger partial charge in [0.1, 0.15) is 11.8 Å². The molecule has 0 radical (unpaired) electrons. The lowest BCUT2D eigenvalue weighted by Gasteiger charge is -2.30. The van der Waals surface area contributed by atoms with E-state index in [9.17, 15) is 10.1 Å². The van der Waals surface area contributed by atoms with Crippen molar-refractivity contribution in [2.24, 2.45) is 11.8 Å². The number of carbonyl (C=O) groups excluding carboxylic acids is 1. The molecule has 1 saturated carbocycles. The van der Waals surface area contributed by atoms with Crippen molar-refractivity contribution in [3.63, 3.8) is 0 Å². The molecule has 0 bridgehead atoms. The van der Waals surface area contributed by atoms with Crippen molar-refractivity contribution in [3.05, 3.63) is 59.5 Å². The summed E-state index contributed by atoms with van der Waals surface area (Å²) in [5.41, 5.74) is 3.91. The Hall–Kier alpha value is -3.50. The van der Waals surface area contributed by atoms with E-state index in [0.29, 0.717) is 36.9 Å². The van der Waals surface area contributed by atoms with Gasteiger partial charge in [0.05, 0.1) is 30.0 Å². The highest BCUT2D eigenvalue weighted by atomic mass is 16.6. The third-order valence-electron chi connectivity index (χ3n) is 6.22. The average molecular weight is 461 g/mol. The summed E-state index contributed by atoms with van der Waals surface area (Å²) in [7, 11) is 0. The second-order valence-corrected chi connectivity index (χ2v) is 9.13. The van der Waals surface area contributed by atoms with Crippen molar-refractivity contribution in [2.45, 2.75) is 52.5 Å². The molecule has 0 spiro atoms. The van der Waals surface area contributed by atoms with Crippen LogP contribution in [0.2, 0.25) is 0 Å². The van der Waals surface area contributed by atoms with Gasteiger partial charge >= 0.3 is 6.09 Å². The number of hydrazine groups is 1. The van der Waals surface area contributed by atoms with Crippen molar-refractivity contribution in [1.29, 1.82) is 5.26 Å². The summed E-state index contributed by atoms with van der Waals surface area (Å²) in [6, 6.07) is 8.65. The minimum absolute atomic E-state index is 0.216. The molecule has 0 aliphatic heterocycles. The smallest absolute Gasteiger partial charge is 0.428 e. The fraction of sp³-hybridized carbons (Fsp3) is 0.407. The molecule has 0 saturated heterocycles. The Bertz CT molecular complexity index is 1210. The number of hydrogen-bond acceptors (Lipinski definition) is 5. The number of aromatic nitrogens is 1. The second-order valence-electron chi connectivity index (χ2n) is 9.13. The number of nitriles is 1. The molecule has 2 N–H and O–H groups in total. The zero-order valence-corrected chi connectivity index (χ0v) is 20.1. The fourth-order valence-corrected chi connectivity index (χ4v) is 4.35. The minimum atomic E-state index is -0.587. The van der Waals surface area contributed by atoms with Crippen LogP contribution in [0.1, 0.15) is 63.8 Å². The average Bonchev–Trinajstić information content (AvgIpc) is 2.93. The topological polar surface area (TPSA) is 93.5 Å². The first-order chi connectivity index (χ1) is 16.4. The van der Waals surface area contributed by atoms with Gasteiger partial charge in [0.2, 0.25) is 0 Å². The van der Waals surface area contributed by atoms with Crippen LogP contribution < -0.4 is 10.6 Å². The van der Waals surface area contributed by atoms with Crippen LogP contribution in [-0.2, 0) is 4.74 Å². The van der Waals surface area contributed by atoms with Crippen LogP contribution in [0.5, 0.6) is 5.75 Å². The van der Waals surface area contributed by atoms with E-state index in [1.54, 1.807) is 0 Å². The standard InChI is InChI=1S/C27H32N4O3/c1-4-33-22-12-13-23-24(16-28)26(30(25(23)15-22)20-10-7-11-20)19-8-5-6-9-21(14-19)31(29)27(32)34-17-18(2)3/h5-6,8,12-15,18,20H,4,7,9-11,17,29H2,1-3H3. The largest absolute Gasteiger partial charge is 0.494 e. The number of amides is 1. The van der Waals surface area contributed by atoms with E-state index < -0.39 is 6.09 Å². The predicted molar refractivity (Wildman–Crippen MR) is 133 cm³/mol. The van der Waals surface area contributed by atoms with Crippen molar-refractivity contribution in [1.82, 2.24) is 9.58 Å². The quantitative estimate of drug-likeness (QED) is 0.319. The maximum atomic E-state index is 12.5. The Balaban J connectivity index is 1.82. The number of fused-ring (bicyclic) bond motifs is 1. The van der Waals surface area contributed by atoms with Crippen molar-refractivity contribution in [2.75, 3.05) is 13.2 Å². The van der Waals surface area contributed by atoms with Crippen LogP contribution in [0.3, 0.4) is 0 Å². The van der Waals surface area contributed by atoms with E-state index in [1.807, 2.05) is 63.3 Å². The van der Waals surface area contributed by atoms with Crippen LogP contribution in [-0.4, -0.2) is 28.9 Å². The summed E-state index contributed by atoms with van der Waals surface area (Å²) < 4.78 is 13.4. The number of carbonyl (C=O) groups is 1. The van der Waals surface area contributed by atoms with E-state index in [-0.39, 0.29) is 5.92 Å². The molecule has 4 rings (SSSR count). The maximum Gasteiger partial charge on any atom is 0.428 e. The molecule has 34 heavy (non-hydrogen) atoms. The Morgan fingerprint density at radius 3 is 2.79 bits per heavy atom. The molecule has 1 aromatic carbocycles. The molecule has 1 aromatic heterocycles. The first-order valence-electron chi connectivity index (χ1n) is 11.9. The van der Waals surface area contributed by atoms with Crippen LogP contribution in [0.15, 0.2) is 48.2 Å². The van der Waals surface area contributed by atoms with Gasteiger partial charge in [0, 0.05) is 35.2 Å². The van der Waals surface area contributed by atoms with Gasteiger partial charge in [0.15, 0.2) is 0 Å². The Kier molecular flexibility index (Phi) is 7.09. The van der Waals surface area contributed by atoms with Gasteiger partial charge in [-0.15, -0.1) is 0 Å². The minimum Gasteiger partial charge on any atom is -0.494 e. The van der Waals surface area contributed by atoms with Gasteiger partial charge in [0.25, 0.3) is 0 Å². The molecule has 2 aliphatic carbocycles. The van der Waals surface area contributed by atoms with E-state index in [4.69, 9.17) is 15.3 Å². The molecule has 0 atom stereocenters. The highest BCUT2D eigenvalue weighted by Gasteiger charge is 2.29. The van der Waals surface area contributed by atoms with Gasteiger partial charge in [-0.2, -0.15) is 5.26 Å². The SMILES string of the molecule is CCOc1ccc2c(C#N)c(C3=CC=CCC(N(N)C(=O)OCC(C)C)=C3)n(C3CCC3)c2c1. The third kappa shape index (κ3) is 4.59. The molecular formula is C27H32N4O3.